The van der Waals surface area contributed by atoms with Gasteiger partial charge in [0.2, 0.25) is 0 Å². The summed E-state index contributed by atoms with van der Waals surface area (Å²) in [6, 6.07) is 9.19. The second-order valence-electron chi connectivity index (χ2n) is 8.37. The van der Waals surface area contributed by atoms with Crippen molar-refractivity contribution < 1.29 is 9.00 Å². The lowest BCUT2D eigenvalue weighted by atomic mass is 9.99. The molecule has 0 bridgehead atoms. The Morgan fingerprint density at radius 3 is 2.17 bits per heavy atom. The number of rotatable bonds is 5. The lowest BCUT2D eigenvalue weighted by molar-refractivity contribution is 0.260. The first-order valence-electron chi connectivity index (χ1n) is 10.6. The Labute approximate surface area is 179 Å². The molecule has 0 saturated carbocycles. The molecular formula is C23H30N4O2S. The average molecular weight is 427 g/mol. The Morgan fingerprint density at radius 1 is 1.03 bits per heavy atom. The zero-order valence-electron chi connectivity index (χ0n) is 18.0. The molecule has 1 atom stereocenters. The number of urea groups is 1. The third-order valence-corrected chi connectivity index (χ3v) is 7.82. The highest BCUT2D eigenvalue weighted by Crippen LogP contribution is 2.38. The van der Waals surface area contributed by atoms with Crippen LogP contribution in [0.5, 0.6) is 0 Å². The number of hydrogen-bond acceptors (Lipinski definition) is 3. The molecule has 30 heavy (non-hydrogen) atoms. The molecule has 2 aromatic carbocycles. The molecule has 2 amide bonds. The van der Waals surface area contributed by atoms with E-state index in [-0.39, 0.29) is 0 Å². The molecule has 2 N–H and O–H groups in total. The summed E-state index contributed by atoms with van der Waals surface area (Å²) in [5.74, 6) is 0. The van der Waals surface area contributed by atoms with Gasteiger partial charge in [0.1, 0.15) is 9.92 Å². The van der Waals surface area contributed by atoms with Gasteiger partial charge in [0.15, 0.2) is 0 Å². The van der Waals surface area contributed by atoms with Gasteiger partial charge in [-0.05, 0) is 99.6 Å². The van der Waals surface area contributed by atoms with Crippen molar-refractivity contribution in [3.05, 3.63) is 58.1 Å². The molecule has 2 aromatic rings. The second kappa shape index (κ2) is 8.49. The number of benzene rings is 2. The highest BCUT2D eigenvalue weighted by molar-refractivity contribution is 7.92. The number of nitrogens with zero attached hydrogens (tertiary/aromatic N) is 2. The summed E-state index contributed by atoms with van der Waals surface area (Å²) in [5.41, 5.74) is 7.20. The van der Waals surface area contributed by atoms with E-state index >= 15 is 0 Å². The van der Waals surface area contributed by atoms with Crippen molar-refractivity contribution in [2.24, 2.45) is 4.36 Å². The molecule has 0 saturated heterocycles. The van der Waals surface area contributed by atoms with E-state index in [1.807, 2.05) is 26.2 Å². The number of carbonyl (C=O) groups excluding carboxylic acids is 1. The number of hydrogen-bond donors (Lipinski definition) is 2. The Kier molecular flexibility index (Phi) is 5.95. The van der Waals surface area contributed by atoms with Crippen LogP contribution in [0.15, 0.2) is 39.6 Å². The fourth-order valence-corrected chi connectivity index (χ4v) is 5.79. The number of carbonyl (C=O) groups is 1. The van der Waals surface area contributed by atoms with Gasteiger partial charge in [0.25, 0.3) is 0 Å². The summed E-state index contributed by atoms with van der Waals surface area (Å²) in [5, 5.41) is 3.01. The maximum atomic E-state index is 13.4. The normalized spacial score (nSPS) is 16.8. The Hall–Kier alpha value is -2.22. The fraction of sp³-hybridized carbons (Fsp3) is 0.435. The largest absolute Gasteiger partial charge is 0.354 e. The first-order valence-corrected chi connectivity index (χ1v) is 12.1. The van der Waals surface area contributed by atoms with Gasteiger partial charge in [-0.15, -0.1) is 4.36 Å². The summed E-state index contributed by atoms with van der Waals surface area (Å²) in [6.45, 7) is 0.795. The summed E-state index contributed by atoms with van der Waals surface area (Å²) in [7, 11) is 2.53. The first kappa shape index (κ1) is 21.0. The average Bonchev–Trinajstić information content (AvgIpc) is 3.37. The van der Waals surface area contributed by atoms with Crippen LogP contribution in [0.3, 0.4) is 0 Å². The van der Waals surface area contributed by atoms with E-state index in [0.29, 0.717) is 4.90 Å². The predicted molar refractivity (Wildman–Crippen MR) is 121 cm³/mol. The molecule has 7 heteroatoms. The van der Waals surface area contributed by atoms with Crippen molar-refractivity contribution in [1.29, 1.82) is 0 Å². The molecular weight excluding hydrogens is 396 g/mol. The van der Waals surface area contributed by atoms with Crippen LogP contribution in [0.1, 0.15) is 40.7 Å². The molecule has 0 radical (unpaired) electrons. The van der Waals surface area contributed by atoms with E-state index in [2.05, 4.69) is 25.4 Å². The van der Waals surface area contributed by atoms with Crippen LogP contribution in [0.2, 0.25) is 0 Å². The van der Waals surface area contributed by atoms with E-state index in [1.165, 1.54) is 22.3 Å². The van der Waals surface area contributed by atoms with Gasteiger partial charge in [-0.25, -0.2) is 13.7 Å². The summed E-state index contributed by atoms with van der Waals surface area (Å²) < 4.78 is 20.3. The lowest BCUT2D eigenvalue weighted by Gasteiger charge is -2.16. The zero-order valence-corrected chi connectivity index (χ0v) is 18.8. The van der Waals surface area contributed by atoms with E-state index < -0.39 is 15.9 Å². The number of aryl methyl sites for hydroxylation is 2. The maximum absolute atomic E-state index is 13.4. The maximum Gasteiger partial charge on any atom is 0.354 e. The minimum absolute atomic E-state index is 0.506. The van der Waals surface area contributed by atoms with Crippen LogP contribution in [0, 0.1) is 0 Å². The third-order valence-electron chi connectivity index (χ3n) is 5.93. The van der Waals surface area contributed by atoms with Crippen molar-refractivity contribution in [2.75, 3.05) is 26.5 Å². The van der Waals surface area contributed by atoms with Crippen LogP contribution < -0.4 is 10.0 Å². The van der Waals surface area contributed by atoms with Gasteiger partial charge in [0, 0.05) is 12.2 Å². The van der Waals surface area contributed by atoms with Crippen LogP contribution in [0.25, 0.3) is 0 Å². The standard InChI is InChI=1S/C23H30N4O2S/c1-24-30(29,19-12-10-16(11-13-19)15-27(2)3)26-23(28)25-22-20-8-4-6-17(20)14-18-7-5-9-21(18)22/h10-14H,4-9,15H2,1-3H3,(H2,24,25,26,28,29)/t30-/m0/s1. The highest BCUT2D eigenvalue weighted by Gasteiger charge is 2.25. The number of fused-ring (bicyclic) bond motifs is 2. The third kappa shape index (κ3) is 4.15. The van der Waals surface area contributed by atoms with Gasteiger partial charge in [-0.2, -0.15) is 0 Å². The van der Waals surface area contributed by atoms with Crippen LogP contribution in [-0.2, 0) is 42.1 Å². The van der Waals surface area contributed by atoms with Crippen molar-refractivity contribution in [3.8, 4) is 0 Å². The molecule has 2 aliphatic carbocycles. The predicted octanol–water partition coefficient (Wildman–Crippen LogP) is 3.92. The molecule has 0 aromatic heterocycles. The van der Waals surface area contributed by atoms with Crippen LogP contribution in [-0.4, -0.2) is 36.3 Å². The van der Waals surface area contributed by atoms with Crippen LogP contribution in [0.4, 0.5) is 10.5 Å². The smallest absolute Gasteiger partial charge is 0.305 e. The van der Waals surface area contributed by atoms with Crippen molar-refractivity contribution in [3.63, 3.8) is 0 Å². The van der Waals surface area contributed by atoms with Crippen molar-refractivity contribution in [2.45, 2.75) is 50.0 Å². The van der Waals surface area contributed by atoms with Gasteiger partial charge >= 0.3 is 6.03 Å². The van der Waals surface area contributed by atoms with E-state index in [1.54, 1.807) is 19.2 Å². The molecule has 6 nitrogen and oxygen atoms in total. The summed E-state index contributed by atoms with van der Waals surface area (Å²) >= 11 is 0. The van der Waals surface area contributed by atoms with Gasteiger partial charge < -0.3 is 10.2 Å². The van der Waals surface area contributed by atoms with Gasteiger partial charge in [0.05, 0.1) is 4.90 Å². The molecule has 2 aliphatic rings. The first-order chi connectivity index (χ1) is 14.4. The van der Waals surface area contributed by atoms with Crippen LogP contribution >= 0.6 is 0 Å². The van der Waals surface area contributed by atoms with E-state index in [4.69, 9.17) is 0 Å². The van der Waals surface area contributed by atoms with Crippen molar-refractivity contribution in [1.82, 2.24) is 9.62 Å². The summed E-state index contributed by atoms with van der Waals surface area (Å²) in [4.78, 5) is 15.4. The molecule has 0 aliphatic heterocycles. The zero-order chi connectivity index (χ0) is 21.3. The molecule has 160 valence electrons. The Balaban J connectivity index is 1.63. The quantitative estimate of drug-likeness (QED) is 0.761. The highest BCUT2D eigenvalue weighted by atomic mass is 32.2. The molecule has 0 heterocycles. The topological polar surface area (TPSA) is 73.8 Å². The Morgan fingerprint density at radius 2 is 1.63 bits per heavy atom. The monoisotopic (exact) mass is 426 g/mol. The van der Waals surface area contributed by atoms with Gasteiger partial charge in [-0.1, -0.05) is 18.2 Å². The van der Waals surface area contributed by atoms with Crippen molar-refractivity contribution >= 4 is 21.6 Å². The molecule has 0 fully saturated rings. The lowest BCUT2D eigenvalue weighted by Crippen LogP contribution is -2.22. The minimum atomic E-state index is -3.05. The van der Waals surface area contributed by atoms with E-state index in [0.717, 1.165) is 56.3 Å². The molecule has 0 unspecified atom stereocenters. The molecule has 4 rings (SSSR count). The number of anilines is 1. The minimum Gasteiger partial charge on any atom is -0.305 e. The van der Waals surface area contributed by atoms with Gasteiger partial charge in [-0.3, -0.25) is 0 Å². The molecule has 0 spiro atoms. The van der Waals surface area contributed by atoms with E-state index in [9.17, 15) is 9.00 Å². The fourth-order valence-electron chi connectivity index (χ4n) is 4.57. The summed E-state index contributed by atoms with van der Waals surface area (Å²) in [6.07, 6.45) is 6.32. The SMILES string of the molecule is CN[S@](=O)(=NC(=O)Nc1c2c(cc3c1CCC3)CCC2)c1ccc(CN(C)C)cc1. The second-order valence-corrected chi connectivity index (χ2v) is 10.5. The Bertz CT molecular complexity index is 1050. The number of amides is 2. The number of nitrogens with one attached hydrogen (secondary N) is 2.